The smallest absolute Gasteiger partial charge is 0.278 e. The Morgan fingerprint density at radius 2 is 0.932 bits per heavy atom. The molecular formula is C31H51Cl2N15O11. The minimum Gasteiger partial charge on any atom is -0.391 e. The Hall–Kier alpha value is -5.48. The fourth-order valence-electron chi connectivity index (χ4n) is 6.29. The summed E-state index contributed by atoms with van der Waals surface area (Å²) in [5, 5.41) is 69.4. The van der Waals surface area contributed by atoms with Crippen LogP contribution in [0.2, 0.25) is 0 Å². The highest BCUT2D eigenvalue weighted by molar-refractivity contribution is 5.97. The molecular weight excluding hydrogens is 829 g/mol. The van der Waals surface area contributed by atoms with E-state index in [1.54, 1.807) is 0 Å². The molecule has 0 aliphatic carbocycles. The second kappa shape index (κ2) is 20.5. The number of hydrogen-bond acceptors (Lipinski definition) is 21. The maximum absolute atomic E-state index is 12.0. The molecule has 0 fully saturated rings. The lowest BCUT2D eigenvalue weighted by atomic mass is 10.0. The Bertz CT molecular complexity index is 2020. The van der Waals surface area contributed by atoms with Crippen LogP contribution in [0.1, 0.15) is 34.6 Å². The molecule has 3 aliphatic rings. The Morgan fingerprint density at radius 1 is 0.593 bits per heavy atom. The van der Waals surface area contributed by atoms with Gasteiger partial charge in [-0.25, -0.2) is 0 Å². The number of amides is 2. The van der Waals surface area contributed by atoms with E-state index in [1.165, 1.54) is 34.6 Å². The maximum atomic E-state index is 12.0. The van der Waals surface area contributed by atoms with E-state index in [-0.39, 0.29) is 84.4 Å². The third kappa shape index (κ3) is 11.2. The first-order chi connectivity index (χ1) is 26.6. The van der Waals surface area contributed by atoms with E-state index in [4.69, 9.17) is 17.2 Å². The number of carbonyl (C=O) groups excluding carboxylic acids is 2. The summed E-state index contributed by atoms with van der Waals surface area (Å²) < 4.78 is 0. The average Bonchev–Trinajstić information content (AvgIpc) is 3.12. The molecule has 2 amide bonds. The Kier molecular flexibility index (Phi) is 17.2. The minimum atomic E-state index is -1.20. The van der Waals surface area contributed by atoms with Gasteiger partial charge < -0.3 is 69.1 Å². The molecule has 19 N–H and O–H groups in total. The van der Waals surface area contributed by atoms with Crippen molar-refractivity contribution in [3.63, 3.8) is 0 Å². The fourth-order valence-corrected chi connectivity index (χ4v) is 6.29. The number of halogens is 2. The Morgan fingerprint density at radius 3 is 1.29 bits per heavy atom. The van der Waals surface area contributed by atoms with Crippen molar-refractivity contribution in [2.24, 2.45) is 0 Å². The van der Waals surface area contributed by atoms with Gasteiger partial charge in [-0.15, -0.1) is 24.8 Å². The van der Waals surface area contributed by atoms with Gasteiger partial charge in [0.25, 0.3) is 16.7 Å². The van der Waals surface area contributed by atoms with Crippen LogP contribution in [0.15, 0.2) is 14.4 Å². The first kappa shape index (κ1) is 49.7. The number of nitrogens with one attached hydrogen (secondary N) is 7. The molecule has 330 valence electrons. The summed E-state index contributed by atoms with van der Waals surface area (Å²) in [7, 11) is 0. The molecule has 59 heavy (non-hydrogen) atoms. The summed E-state index contributed by atoms with van der Waals surface area (Å²) in [6.45, 7) is 7.47. The van der Waals surface area contributed by atoms with E-state index >= 15 is 0 Å². The van der Waals surface area contributed by atoms with Gasteiger partial charge in [0, 0.05) is 33.5 Å². The van der Waals surface area contributed by atoms with Crippen LogP contribution in [0.3, 0.4) is 0 Å². The molecule has 6 heterocycles. The van der Waals surface area contributed by atoms with Crippen LogP contribution in [0.25, 0.3) is 0 Å². The van der Waals surface area contributed by atoms with Gasteiger partial charge in [-0.2, -0.15) is 15.0 Å². The predicted molar refractivity (Wildman–Crippen MR) is 222 cm³/mol. The number of fused-ring (bicyclic) bond motifs is 3. The summed E-state index contributed by atoms with van der Waals surface area (Å²) in [5.41, 5.74) is 14.9. The molecule has 3 unspecified atom stereocenters. The van der Waals surface area contributed by atoms with Gasteiger partial charge in [-0.1, -0.05) is 0 Å². The van der Waals surface area contributed by atoms with Gasteiger partial charge >= 0.3 is 0 Å². The average molecular weight is 881 g/mol. The van der Waals surface area contributed by atoms with Crippen LogP contribution in [0, 0.1) is 0 Å². The second-order valence-corrected chi connectivity index (χ2v) is 13.5. The lowest BCUT2D eigenvalue weighted by Crippen LogP contribution is -2.57. The van der Waals surface area contributed by atoms with Crippen LogP contribution in [0.5, 0.6) is 0 Å². The van der Waals surface area contributed by atoms with Gasteiger partial charge in [0.05, 0.1) is 36.4 Å². The number of anilines is 9. The zero-order valence-corrected chi connectivity index (χ0v) is 34.0. The molecule has 3 aliphatic heterocycles. The first-order valence-electron chi connectivity index (χ1n) is 17.5. The summed E-state index contributed by atoms with van der Waals surface area (Å²) in [6.07, 6.45) is -6.37. The van der Waals surface area contributed by atoms with Crippen molar-refractivity contribution in [1.82, 2.24) is 29.9 Å². The van der Waals surface area contributed by atoms with Crippen molar-refractivity contribution in [2.45, 2.75) is 89.4 Å². The van der Waals surface area contributed by atoms with Crippen LogP contribution in [0.4, 0.5) is 52.4 Å². The standard InChI is InChI=1S/2C11H17N5O4.C9H15N5O3.2ClH/c2*1-4(17)8(19)6-3-13-9-7(16(6)5(2)18)10(20)15-11(12)14-9;1-3(15)6(16)4-2-11-7-5(12-4)8(17)14-9(10)13-7;;/h2*4,6,8,17,19H,3H2,1-2H3,(H4,12,13,14,15,20);3-4,6,12,15-16H,2H2,1H3,(H4,10,11,13,14,17);2*1H/t2*4-,6?,8-;3-,4?,6-;;/m000../s1. The number of hydrogen-bond donors (Lipinski definition) is 16. The van der Waals surface area contributed by atoms with Gasteiger partial charge in [0.1, 0.15) is 24.0 Å². The monoisotopic (exact) mass is 879 g/mol. The van der Waals surface area contributed by atoms with Crippen LogP contribution in [-0.4, -0.2) is 147 Å². The number of H-pyrrole nitrogens is 3. The molecule has 6 rings (SSSR count). The van der Waals surface area contributed by atoms with Crippen LogP contribution >= 0.6 is 24.8 Å². The van der Waals surface area contributed by atoms with Gasteiger partial charge in [-0.05, 0) is 20.8 Å². The number of aliphatic hydroxyl groups excluding tert-OH is 6. The zero-order chi connectivity index (χ0) is 42.6. The third-order valence-corrected chi connectivity index (χ3v) is 9.05. The van der Waals surface area contributed by atoms with Crippen molar-refractivity contribution < 1.29 is 40.2 Å². The largest absolute Gasteiger partial charge is 0.391 e. The maximum Gasteiger partial charge on any atom is 0.278 e. The lowest BCUT2D eigenvalue weighted by Gasteiger charge is -2.39. The van der Waals surface area contributed by atoms with Gasteiger partial charge in [-0.3, -0.25) is 48.7 Å². The Balaban J connectivity index is 0.000000301. The topological polar surface area (TPSA) is 425 Å². The summed E-state index contributed by atoms with van der Waals surface area (Å²) in [4.78, 5) is 80.2. The number of nitrogens with zero attached hydrogens (tertiary/aromatic N) is 5. The lowest BCUT2D eigenvalue weighted by molar-refractivity contribution is -0.118. The SMILES string of the molecule is CC(=O)N1c2c(nc(N)[nH]c2=O)NCC1[C@@H](O)[C@H](C)O.CC(=O)N1c2c(nc(N)[nH]c2=O)NCC1[C@@H](O)[C@H](C)O.C[C@H](O)[C@H](O)C1CNc2nc(N)[nH]c(=O)c2N1.Cl.Cl. The van der Waals surface area contributed by atoms with Crippen molar-refractivity contribution >= 4 is 89.0 Å². The zero-order valence-electron chi connectivity index (χ0n) is 32.3. The van der Waals surface area contributed by atoms with Crippen molar-refractivity contribution in [2.75, 3.05) is 67.9 Å². The minimum absolute atomic E-state index is 0. The molecule has 0 saturated heterocycles. The van der Waals surface area contributed by atoms with Gasteiger partial charge in [0.15, 0.2) is 28.8 Å². The first-order valence-corrected chi connectivity index (χ1v) is 17.5. The number of aromatic nitrogens is 6. The number of nitrogens with two attached hydrogens (primary N) is 3. The normalized spacial score (nSPS) is 20.4. The molecule has 9 atom stereocenters. The highest BCUT2D eigenvalue weighted by Crippen LogP contribution is 2.30. The summed E-state index contributed by atoms with van der Waals surface area (Å²) in [5.74, 6) is -0.286. The molecule has 28 heteroatoms. The molecule has 26 nitrogen and oxygen atoms in total. The fraction of sp³-hybridized carbons (Fsp3) is 0.548. The molecule has 0 aromatic carbocycles. The quantitative estimate of drug-likeness (QED) is 0.111. The second-order valence-electron chi connectivity index (χ2n) is 13.5. The molecule has 0 radical (unpaired) electrons. The molecule has 0 saturated carbocycles. The van der Waals surface area contributed by atoms with Crippen molar-refractivity contribution in [3.8, 4) is 0 Å². The van der Waals surface area contributed by atoms with Crippen LogP contribution < -0.4 is 64.9 Å². The molecule has 3 aromatic heterocycles. The molecule has 0 spiro atoms. The predicted octanol–water partition coefficient (Wildman–Crippen LogP) is -4.37. The van der Waals surface area contributed by atoms with E-state index in [2.05, 4.69) is 51.2 Å². The highest BCUT2D eigenvalue weighted by atomic mass is 35.5. The van der Waals surface area contributed by atoms with E-state index in [1.807, 2.05) is 0 Å². The number of nitrogen functional groups attached to an aromatic ring is 3. The molecule has 0 bridgehead atoms. The van der Waals surface area contributed by atoms with E-state index in [9.17, 15) is 54.6 Å². The van der Waals surface area contributed by atoms with Crippen molar-refractivity contribution in [3.05, 3.63) is 31.1 Å². The van der Waals surface area contributed by atoms with E-state index in [0.717, 1.165) is 9.80 Å². The third-order valence-electron chi connectivity index (χ3n) is 9.05. The van der Waals surface area contributed by atoms with Crippen LogP contribution in [-0.2, 0) is 9.59 Å². The summed E-state index contributed by atoms with van der Waals surface area (Å²) >= 11 is 0. The van der Waals surface area contributed by atoms with E-state index < -0.39 is 83.2 Å². The number of carbonyl (C=O) groups is 2. The summed E-state index contributed by atoms with van der Waals surface area (Å²) in [6, 6.07) is -2.01. The van der Waals surface area contributed by atoms with Gasteiger partial charge in [0.2, 0.25) is 29.7 Å². The highest BCUT2D eigenvalue weighted by Gasteiger charge is 2.40. The van der Waals surface area contributed by atoms with E-state index in [0.29, 0.717) is 12.4 Å². The number of aliphatic hydroxyl groups is 6. The van der Waals surface area contributed by atoms with Crippen molar-refractivity contribution in [1.29, 1.82) is 0 Å². The Labute approximate surface area is 346 Å². The molecule has 3 aromatic rings. The number of rotatable bonds is 6. The number of aromatic amines is 3.